The molecule has 0 saturated carbocycles. The van der Waals surface area contributed by atoms with Crippen LogP contribution in [0.25, 0.3) is 5.82 Å². The molecule has 0 aliphatic heterocycles. The number of hydrogen-bond acceptors (Lipinski definition) is 5. The number of hydrogen-bond donors (Lipinski definition) is 1. The molecular weight excluding hydrogens is 389 g/mol. The number of sulfonamides is 1. The molecule has 0 fully saturated rings. The van der Waals surface area contributed by atoms with Crippen LogP contribution in [0.2, 0.25) is 0 Å². The highest BCUT2D eigenvalue weighted by Gasteiger charge is 2.24. The van der Waals surface area contributed by atoms with Gasteiger partial charge in [-0.3, -0.25) is 4.72 Å². The zero-order valence-electron chi connectivity index (χ0n) is 11.4. The van der Waals surface area contributed by atoms with Crippen molar-refractivity contribution in [1.82, 2.24) is 19.7 Å². The molecule has 118 valence electrons. The summed E-state index contributed by atoms with van der Waals surface area (Å²) in [4.78, 5) is 7.30. The molecule has 0 spiro atoms. The van der Waals surface area contributed by atoms with Crippen molar-refractivity contribution in [3.63, 3.8) is 0 Å². The molecule has 1 N–H and O–H groups in total. The molecule has 3 aromatic rings. The van der Waals surface area contributed by atoms with Gasteiger partial charge in [-0.05, 0) is 34.1 Å². The number of aromatic nitrogens is 4. The van der Waals surface area contributed by atoms with Gasteiger partial charge in [0.1, 0.15) is 22.7 Å². The van der Waals surface area contributed by atoms with E-state index in [9.17, 15) is 12.8 Å². The first-order valence-electron chi connectivity index (χ1n) is 6.26. The van der Waals surface area contributed by atoms with E-state index >= 15 is 0 Å². The summed E-state index contributed by atoms with van der Waals surface area (Å²) in [6.07, 6.45) is 5.65. The van der Waals surface area contributed by atoms with Crippen molar-refractivity contribution in [1.29, 1.82) is 0 Å². The molecule has 0 radical (unpaired) electrons. The molecule has 2 aromatic heterocycles. The molecule has 1 aromatic carbocycles. The molecule has 3 rings (SSSR count). The van der Waals surface area contributed by atoms with Crippen LogP contribution in [0.1, 0.15) is 0 Å². The highest BCUT2D eigenvalue weighted by Crippen LogP contribution is 2.27. The maximum Gasteiger partial charge on any atom is 0.266 e. The summed E-state index contributed by atoms with van der Waals surface area (Å²) >= 11 is 3.05. The van der Waals surface area contributed by atoms with Gasteiger partial charge in [0.25, 0.3) is 10.0 Å². The van der Waals surface area contributed by atoms with Gasteiger partial charge in [0.15, 0.2) is 5.82 Å². The van der Waals surface area contributed by atoms with Gasteiger partial charge in [0, 0.05) is 16.9 Å². The average Bonchev–Trinajstić information content (AvgIpc) is 3.01. The Balaban J connectivity index is 2.06. The van der Waals surface area contributed by atoms with Crippen molar-refractivity contribution in [3.8, 4) is 5.82 Å². The van der Waals surface area contributed by atoms with Crippen molar-refractivity contribution in [2.75, 3.05) is 4.72 Å². The van der Waals surface area contributed by atoms with Crippen molar-refractivity contribution < 1.29 is 12.8 Å². The Morgan fingerprint density at radius 3 is 2.78 bits per heavy atom. The second kappa shape index (κ2) is 6.05. The van der Waals surface area contributed by atoms with E-state index in [1.807, 2.05) is 0 Å². The zero-order valence-corrected chi connectivity index (χ0v) is 13.8. The molecular formula is C13H9BrFN5O2S. The minimum atomic E-state index is -4.18. The maximum absolute atomic E-state index is 13.9. The van der Waals surface area contributed by atoms with Crippen molar-refractivity contribution in [3.05, 3.63) is 59.5 Å². The monoisotopic (exact) mass is 397 g/mol. The van der Waals surface area contributed by atoms with E-state index in [0.29, 0.717) is 0 Å². The molecule has 23 heavy (non-hydrogen) atoms. The fourth-order valence-corrected chi connectivity index (χ4v) is 4.07. The van der Waals surface area contributed by atoms with E-state index < -0.39 is 20.7 Å². The van der Waals surface area contributed by atoms with Crippen LogP contribution in [0, 0.1) is 5.82 Å². The van der Waals surface area contributed by atoms with Crippen molar-refractivity contribution >= 4 is 31.6 Å². The van der Waals surface area contributed by atoms with E-state index in [2.05, 4.69) is 35.7 Å². The lowest BCUT2D eigenvalue weighted by Gasteiger charge is -2.12. The fraction of sp³-hybridized carbons (Fsp3) is 0. The Bertz CT molecular complexity index is 927. The fourth-order valence-electron chi connectivity index (χ4n) is 1.91. The Morgan fingerprint density at radius 2 is 2.09 bits per heavy atom. The largest absolute Gasteiger partial charge is 0.274 e. The third-order valence-electron chi connectivity index (χ3n) is 2.84. The summed E-state index contributed by atoms with van der Waals surface area (Å²) in [7, 11) is -4.18. The molecule has 0 aliphatic rings. The van der Waals surface area contributed by atoms with Crippen LogP contribution in [0.4, 0.5) is 10.1 Å². The summed E-state index contributed by atoms with van der Waals surface area (Å²) in [5, 5.41) is 3.99. The molecule has 0 aliphatic carbocycles. The summed E-state index contributed by atoms with van der Waals surface area (Å²) in [6, 6.07) is 5.57. The van der Waals surface area contributed by atoms with Gasteiger partial charge in [-0.1, -0.05) is 6.07 Å². The van der Waals surface area contributed by atoms with Crippen molar-refractivity contribution in [2.45, 2.75) is 4.90 Å². The molecule has 0 unspecified atom stereocenters. The van der Waals surface area contributed by atoms with Crippen LogP contribution in [0.5, 0.6) is 0 Å². The first kappa shape index (κ1) is 15.6. The van der Waals surface area contributed by atoms with E-state index in [-0.39, 0.29) is 16.0 Å². The maximum atomic E-state index is 13.9. The molecule has 0 atom stereocenters. The minimum Gasteiger partial charge on any atom is -0.274 e. The van der Waals surface area contributed by atoms with Gasteiger partial charge in [0.05, 0.1) is 6.20 Å². The lowest BCUT2D eigenvalue weighted by atomic mass is 10.3. The van der Waals surface area contributed by atoms with Gasteiger partial charge in [-0.25, -0.2) is 27.5 Å². The van der Waals surface area contributed by atoms with E-state index in [0.717, 1.165) is 6.07 Å². The normalized spacial score (nSPS) is 11.4. The van der Waals surface area contributed by atoms with Crippen LogP contribution in [-0.2, 0) is 10.0 Å². The third kappa shape index (κ3) is 3.08. The van der Waals surface area contributed by atoms with Gasteiger partial charge in [-0.15, -0.1) is 0 Å². The number of benzene rings is 1. The van der Waals surface area contributed by atoms with Crippen LogP contribution in [0.3, 0.4) is 0 Å². The molecule has 0 amide bonds. The number of anilines is 1. The van der Waals surface area contributed by atoms with E-state index in [4.69, 9.17) is 0 Å². The first-order chi connectivity index (χ1) is 11.0. The highest BCUT2D eigenvalue weighted by atomic mass is 79.9. The van der Waals surface area contributed by atoms with Gasteiger partial charge in [0.2, 0.25) is 0 Å². The zero-order chi connectivity index (χ0) is 16.4. The van der Waals surface area contributed by atoms with Gasteiger partial charge >= 0.3 is 0 Å². The summed E-state index contributed by atoms with van der Waals surface area (Å²) in [6.45, 7) is 0. The lowest BCUT2D eigenvalue weighted by Crippen LogP contribution is -2.17. The van der Waals surface area contributed by atoms with Crippen molar-refractivity contribution in [2.24, 2.45) is 0 Å². The molecule has 10 heteroatoms. The third-order valence-corrected chi connectivity index (χ3v) is 5.21. The smallest absolute Gasteiger partial charge is 0.266 e. The average molecular weight is 398 g/mol. The van der Waals surface area contributed by atoms with Crippen LogP contribution in [-0.4, -0.2) is 28.2 Å². The first-order valence-corrected chi connectivity index (χ1v) is 8.53. The highest BCUT2D eigenvalue weighted by molar-refractivity contribution is 9.10. The summed E-state index contributed by atoms with van der Waals surface area (Å²) in [5.41, 5.74) is 0.0753. The number of rotatable bonds is 4. The quantitative estimate of drug-likeness (QED) is 0.729. The lowest BCUT2D eigenvalue weighted by molar-refractivity contribution is 0.568. The summed E-state index contributed by atoms with van der Waals surface area (Å²) < 4.78 is 42.7. The predicted molar refractivity (Wildman–Crippen MR) is 84.1 cm³/mol. The minimum absolute atomic E-state index is 0.0753. The molecule has 0 saturated heterocycles. The van der Waals surface area contributed by atoms with E-state index in [1.165, 1.54) is 35.5 Å². The van der Waals surface area contributed by atoms with Crippen LogP contribution >= 0.6 is 15.9 Å². The number of halogens is 2. The molecule has 0 bridgehead atoms. The van der Waals surface area contributed by atoms with Crippen LogP contribution < -0.4 is 4.72 Å². The predicted octanol–water partition coefficient (Wildman–Crippen LogP) is 2.36. The second-order valence-corrected chi connectivity index (χ2v) is 6.84. The Kier molecular flexibility index (Phi) is 4.09. The van der Waals surface area contributed by atoms with Gasteiger partial charge in [-0.2, -0.15) is 5.10 Å². The SMILES string of the molecule is O=S(=O)(Nc1cncnc1-n1cccn1)c1c(F)cccc1Br. The van der Waals surface area contributed by atoms with Crippen LogP contribution in [0.15, 0.2) is 58.6 Å². The number of nitrogens with one attached hydrogen (secondary N) is 1. The number of nitrogens with zero attached hydrogens (tertiary/aromatic N) is 4. The van der Waals surface area contributed by atoms with Gasteiger partial charge < -0.3 is 0 Å². The molecule has 7 nitrogen and oxygen atoms in total. The topological polar surface area (TPSA) is 89.8 Å². The summed E-state index contributed by atoms with van der Waals surface area (Å²) in [5.74, 6) is -0.648. The molecule has 2 heterocycles. The standard InChI is InChI=1S/C13H9BrFN5O2S/c14-9-3-1-4-10(15)12(9)23(21,22)19-11-7-16-8-17-13(11)20-6-2-5-18-20/h1-8,19H. The Hall–Kier alpha value is -2.33. The Labute approximate surface area is 139 Å². The Morgan fingerprint density at radius 1 is 1.26 bits per heavy atom. The van der Waals surface area contributed by atoms with E-state index in [1.54, 1.807) is 12.3 Å². The second-order valence-electron chi connectivity index (χ2n) is 4.37.